The van der Waals surface area contributed by atoms with Crippen LogP contribution < -0.4 is 5.32 Å². The van der Waals surface area contributed by atoms with Gasteiger partial charge in [-0.3, -0.25) is 9.59 Å². The summed E-state index contributed by atoms with van der Waals surface area (Å²) < 4.78 is 0. The van der Waals surface area contributed by atoms with Gasteiger partial charge in [-0.2, -0.15) is 0 Å². The standard InChI is InChI=1S/C15H20ClN3O2/c1-17-11-14(20)18-7-2-8-19(10-9-18)15(21)12-3-5-13(16)6-4-12/h3-6,17H,2,7-11H2,1H3. The van der Waals surface area contributed by atoms with E-state index in [1.54, 1.807) is 36.2 Å². The summed E-state index contributed by atoms with van der Waals surface area (Å²) >= 11 is 5.84. The van der Waals surface area contributed by atoms with E-state index in [0.29, 0.717) is 43.3 Å². The second kappa shape index (κ2) is 7.43. The van der Waals surface area contributed by atoms with Crippen LogP contribution in [0.1, 0.15) is 16.8 Å². The second-order valence-corrected chi connectivity index (χ2v) is 5.50. The first-order chi connectivity index (χ1) is 10.1. The molecule has 6 heteroatoms. The molecule has 1 N–H and O–H groups in total. The first-order valence-electron chi connectivity index (χ1n) is 7.09. The van der Waals surface area contributed by atoms with Crippen molar-refractivity contribution in [2.45, 2.75) is 6.42 Å². The SMILES string of the molecule is CNCC(=O)N1CCCN(C(=O)c2ccc(Cl)cc2)CC1. The van der Waals surface area contributed by atoms with Gasteiger partial charge in [-0.1, -0.05) is 11.6 Å². The Morgan fingerprint density at radius 1 is 1.10 bits per heavy atom. The third-order valence-corrected chi connectivity index (χ3v) is 3.81. The summed E-state index contributed by atoms with van der Waals surface area (Å²) in [6, 6.07) is 6.91. The molecule has 0 unspecified atom stereocenters. The topological polar surface area (TPSA) is 52.7 Å². The zero-order valence-electron chi connectivity index (χ0n) is 12.1. The van der Waals surface area contributed by atoms with E-state index in [9.17, 15) is 9.59 Å². The molecule has 114 valence electrons. The lowest BCUT2D eigenvalue weighted by molar-refractivity contribution is -0.130. The van der Waals surface area contributed by atoms with E-state index in [2.05, 4.69) is 5.32 Å². The fourth-order valence-corrected chi connectivity index (χ4v) is 2.53. The van der Waals surface area contributed by atoms with Gasteiger partial charge < -0.3 is 15.1 Å². The molecule has 0 bridgehead atoms. The molecule has 0 spiro atoms. The maximum atomic E-state index is 12.4. The quantitative estimate of drug-likeness (QED) is 0.914. The van der Waals surface area contributed by atoms with Gasteiger partial charge in [0.15, 0.2) is 0 Å². The van der Waals surface area contributed by atoms with Gasteiger partial charge in [-0.05, 0) is 37.7 Å². The molecule has 5 nitrogen and oxygen atoms in total. The number of carbonyl (C=O) groups excluding carboxylic acids is 2. The molecular formula is C15H20ClN3O2. The molecule has 0 atom stereocenters. The molecule has 0 aromatic heterocycles. The van der Waals surface area contributed by atoms with Crippen molar-refractivity contribution in [2.24, 2.45) is 0 Å². The maximum absolute atomic E-state index is 12.4. The van der Waals surface area contributed by atoms with Crippen molar-refractivity contribution >= 4 is 23.4 Å². The molecule has 0 aliphatic carbocycles. The summed E-state index contributed by atoms with van der Waals surface area (Å²) in [5, 5.41) is 3.48. The van der Waals surface area contributed by atoms with E-state index in [1.165, 1.54) is 0 Å². The van der Waals surface area contributed by atoms with Gasteiger partial charge >= 0.3 is 0 Å². The monoisotopic (exact) mass is 309 g/mol. The number of rotatable bonds is 3. The van der Waals surface area contributed by atoms with Crippen molar-refractivity contribution in [3.05, 3.63) is 34.9 Å². The van der Waals surface area contributed by atoms with Crippen LogP contribution in [0, 0.1) is 0 Å². The zero-order valence-corrected chi connectivity index (χ0v) is 12.9. The highest BCUT2D eigenvalue weighted by Gasteiger charge is 2.22. The van der Waals surface area contributed by atoms with Gasteiger partial charge in [0, 0.05) is 36.8 Å². The number of benzene rings is 1. The summed E-state index contributed by atoms with van der Waals surface area (Å²) in [5.41, 5.74) is 0.634. The van der Waals surface area contributed by atoms with Crippen molar-refractivity contribution in [3.8, 4) is 0 Å². The van der Waals surface area contributed by atoms with E-state index in [1.807, 2.05) is 4.90 Å². The Bertz CT molecular complexity index is 504. The van der Waals surface area contributed by atoms with Crippen LogP contribution in [-0.4, -0.2) is 61.4 Å². The summed E-state index contributed by atoms with van der Waals surface area (Å²) in [7, 11) is 1.76. The van der Waals surface area contributed by atoms with Crippen LogP contribution in [-0.2, 0) is 4.79 Å². The Labute approximate surface area is 129 Å². The number of halogens is 1. The fourth-order valence-electron chi connectivity index (χ4n) is 2.41. The van der Waals surface area contributed by atoms with Crippen LogP contribution in [0.3, 0.4) is 0 Å². The molecule has 1 aliphatic rings. The van der Waals surface area contributed by atoms with E-state index < -0.39 is 0 Å². The highest BCUT2D eigenvalue weighted by molar-refractivity contribution is 6.30. The molecule has 1 saturated heterocycles. The molecule has 1 aromatic carbocycles. The molecule has 2 amide bonds. The molecule has 1 aliphatic heterocycles. The summed E-state index contributed by atoms with van der Waals surface area (Å²) in [6.45, 7) is 2.86. The number of hydrogen-bond acceptors (Lipinski definition) is 3. The van der Waals surface area contributed by atoms with Crippen LogP contribution in [0.25, 0.3) is 0 Å². The van der Waals surface area contributed by atoms with E-state index in [-0.39, 0.29) is 11.8 Å². The first-order valence-corrected chi connectivity index (χ1v) is 7.47. The van der Waals surface area contributed by atoms with Crippen molar-refractivity contribution in [1.29, 1.82) is 0 Å². The Morgan fingerprint density at radius 2 is 1.71 bits per heavy atom. The van der Waals surface area contributed by atoms with Crippen LogP contribution >= 0.6 is 11.6 Å². The predicted octanol–water partition coefficient (Wildman–Crippen LogP) is 1.23. The van der Waals surface area contributed by atoms with Crippen molar-refractivity contribution in [3.63, 3.8) is 0 Å². The third kappa shape index (κ3) is 4.19. The van der Waals surface area contributed by atoms with Crippen LogP contribution in [0.4, 0.5) is 0 Å². The lowest BCUT2D eigenvalue weighted by atomic mass is 10.2. The Kier molecular flexibility index (Phi) is 5.59. The molecule has 1 aromatic rings. The zero-order chi connectivity index (χ0) is 15.2. The summed E-state index contributed by atoms with van der Waals surface area (Å²) in [6.07, 6.45) is 0.800. The number of likely N-dealkylation sites (N-methyl/N-ethyl adjacent to an activating group) is 1. The van der Waals surface area contributed by atoms with E-state index in [4.69, 9.17) is 11.6 Å². The number of amides is 2. The number of nitrogens with one attached hydrogen (secondary N) is 1. The van der Waals surface area contributed by atoms with Gasteiger partial charge in [0.2, 0.25) is 5.91 Å². The lowest BCUT2D eigenvalue weighted by Crippen LogP contribution is -2.40. The van der Waals surface area contributed by atoms with E-state index >= 15 is 0 Å². The van der Waals surface area contributed by atoms with Crippen molar-refractivity contribution < 1.29 is 9.59 Å². The maximum Gasteiger partial charge on any atom is 0.253 e. The Morgan fingerprint density at radius 3 is 2.38 bits per heavy atom. The summed E-state index contributed by atoms with van der Waals surface area (Å²) in [5.74, 6) is 0.0767. The molecule has 1 fully saturated rings. The van der Waals surface area contributed by atoms with Gasteiger partial charge in [0.25, 0.3) is 5.91 Å². The molecule has 0 saturated carbocycles. The minimum Gasteiger partial charge on any atom is -0.340 e. The van der Waals surface area contributed by atoms with Gasteiger partial charge in [0.05, 0.1) is 6.54 Å². The van der Waals surface area contributed by atoms with Crippen molar-refractivity contribution in [1.82, 2.24) is 15.1 Å². The Balaban J connectivity index is 1.97. The lowest BCUT2D eigenvalue weighted by Gasteiger charge is -2.22. The van der Waals surface area contributed by atoms with Gasteiger partial charge in [-0.15, -0.1) is 0 Å². The average molecular weight is 310 g/mol. The van der Waals surface area contributed by atoms with Crippen LogP contribution in [0.5, 0.6) is 0 Å². The minimum absolute atomic E-state index is 0.00502. The molecule has 21 heavy (non-hydrogen) atoms. The molecule has 0 radical (unpaired) electrons. The highest BCUT2D eigenvalue weighted by Crippen LogP contribution is 2.13. The third-order valence-electron chi connectivity index (χ3n) is 3.55. The normalized spacial score (nSPS) is 15.7. The van der Waals surface area contributed by atoms with E-state index in [0.717, 1.165) is 6.42 Å². The van der Waals surface area contributed by atoms with Crippen LogP contribution in [0.2, 0.25) is 5.02 Å². The highest BCUT2D eigenvalue weighted by atomic mass is 35.5. The first kappa shape index (κ1) is 15.8. The number of carbonyl (C=O) groups is 2. The smallest absolute Gasteiger partial charge is 0.253 e. The molecule has 2 rings (SSSR count). The van der Waals surface area contributed by atoms with Gasteiger partial charge in [-0.25, -0.2) is 0 Å². The molecular weight excluding hydrogens is 290 g/mol. The Hall–Kier alpha value is -1.59. The largest absolute Gasteiger partial charge is 0.340 e. The summed E-state index contributed by atoms with van der Waals surface area (Å²) in [4.78, 5) is 27.9. The second-order valence-electron chi connectivity index (χ2n) is 5.06. The molecule has 1 heterocycles. The van der Waals surface area contributed by atoms with Crippen molar-refractivity contribution in [2.75, 3.05) is 39.8 Å². The number of nitrogens with zero attached hydrogens (tertiary/aromatic N) is 2. The fraction of sp³-hybridized carbons (Fsp3) is 0.467. The average Bonchev–Trinajstić information content (AvgIpc) is 2.73. The minimum atomic E-state index is -0.00502. The predicted molar refractivity (Wildman–Crippen MR) is 82.5 cm³/mol. The number of hydrogen-bond donors (Lipinski definition) is 1. The van der Waals surface area contributed by atoms with Gasteiger partial charge in [0.1, 0.15) is 0 Å². The van der Waals surface area contributed by atoms with Crippen LogP contribution in [0.15, 0.2) is 24.3 Å².